The average Bonchev–Trinajstić information content (AvgIpc) is 3.83. The van der Waals surface area contributed by atoms with Gasteiger partial charge in [-0.05, 0) is 70.2 Å². The standard InChI is InChI=1S/C42H42N8/c1-5-13-33-25-47(21-17-29(33)9-1)39-40(48-22-18-30-10-2-6-14-34(30)26-48)44-37(43-39)38-45-41(49-23-19-31-11-3-7-15-35(31)27-49)42(46-38)50-24-20-32-12-4-8-16-36(32)28-50/h1-16H,17-28H2,(H,43,44)(H,45,46). The van der Waals surface area contributed by atoms with E-state index >= 15 is 0 Å². The number of rotatable bonds is 5. The molecule has 0 saturated heterocycles. The van der Waals surface area contributed by atoms with Gasteiger partial charge in [0, 0.05) is 52.4 Å². The highest BCUT2D eigenvalue weighted by Gasteiger charge is 2.31. The number of fused-ring (bicyclic) bond motifs is 4. The number of nitrogens with one attached hydrogen (secondary N) is 2. The molecule has 6 aromatic rings. The van der Waals surface area contributed by atoms with Crippen LogP contribution in [0.15, 0.2) is 97.1 Å². The molecule has 2 aromatic heterocycles. The number of anilines is 4. The summed E-state index contributed by atoms with van der Waals surface area (Å²) in [7, 11) is 0. The first-order valence-corrected chi connectivity index (χ1v) is 18.2. The number of aromatic nitrogens is 4. The molecule has 0 aliphatic carbocycles. The number of imidazole rings is 2. The largest absolute Gasteiger partial charge is 0.350 e. The van der Waals surface area contributed by atoms with E-state index in [9.17, 15) is 0 Å². The first kappa shape index (κ1) is 29.4. The minimum absolute atomic E-state index is 0.801. The zero-order valence-electron chi connectivity index (χ0n) is 28.4. The van der Waals surface area contributed by atoms with Crippen molar-refractivity contribution in [2.45, 2.75) is 51.9 Å². The lowest BCUT2D eigenvalue weighted by atomic mass is 9.99. The maximum atomic E-state index is 5.42. The van der Waals surface area contributed by atoms with Gasteiger partial charge >= 0.3 is 0 Å². The maximum absolute atomic E-state index is 5.42. The molecule has 10 rings (SSSR count). The second kappa shape index (κ2) is 12.1. The lowest BCUT2D eigenvalue weighted by Gasteiger charge is -2.34. The third-order valence-corrected chi connectivity index (χ3v) is 11.3. The number of hydrogen-bond donors (Lipinski definition) is 2. The van der Waals surface area contributed by atoms with Crippen LogP contribution in [-0.4, -0.2) is 46.1 Å². The van der Waals surface area contributed by atoms with Crippen LogP contribution in [0.3, 0.4) is 0 Å². The summed E-state index contributed by atoms with van der Waals surface area (Å²) < 4.78 is 0. The van der Waals surface area contributed by atoms with Crippen LogP contribution in [0.5, 0.6) is 0 Å². The summed E-state index contributed by atoms with van der Waals surface area (Å²) >= 11 is 0. The molecule has 0 saturated carbocycles. The summed E-state index contributed by atoms with van der Waals surface area (Å²) in [5, 5.41) is 0. The quantitative estimate of drug-likeness (QED) is 0.207. The number of nitrogens with zero attached hydrogens (tertiary/aromatic N) is 6. The Morgan fingerprint density at radius 1 is 0.360 bits per heavy atom. The monoisotopic (exact) mass is 658 g/mol. The van der Waals surface area contributed by atoms with Crippen LogP contribution >= 0.6 is 0 Å². The Morgan fingerprint density at radius 2 is 0.640 bits per heavy atom. The Hall–Kier alpha value is -5.50. The molecule has 4 aliphatic heterocycles. The van der Waals surface area contributed by atoms with E-state index in [1.54, 1.807) is 0 Å². The summed E-state index contributed by atoms with van der Waals surface area (Å²) in [6.07, 6.45) is 4.08. The number of H-pyrrole nitrogens is 2. The lowest BCUT2D eigenvalue weighted by molar-refractivity contribution is 0.699. The molecule has 6 heterocycles. The van der Waals surface area contributed by atoms with Gasteiger partial charge in [0.1, 0.15) is 0 Å². The van der Waals surface area contributed by atoms with Crippen molar-refractivity contribution in [3.05, 3.63) is 142 Å². The predicted octanol–water partition coefficient (Wildman–Crippen LogP) is 7.05. The first-order chi connectivity index (χ1) is 24.7. The van der Waals surface area contributed by atoms with E-state index in [0.29, 0.717) is 0 Å². The molecule has 0 atom stereocenters. The van der Waals surface area contributed by atoms with Gasteiger partial charge in [-0.2, -0.15) is 0 Å². The van der Waals surface area contributed by atoms with Crippen molar-refractivity contribution in [3.8, 4) is 11.6 Å². The van der Waals surface area contributed by atoms with Crippen LogP contribution in [0.2, 0.25) is 0 Å². The van der Waals surface area contributed by atoms with Crippen LogP contribution in [-0.2, 0) is 51.9 Å². The molecule has 250 valence electrons. The topological polar surface area (TPSA) is 70.3 Å². The van der Waals surface area contributed by atoms with Crippen LogP contribution < -0.4 is 19.6 Å². The van der Waals surface area contributed by atoms with Crippen LogP contribution in [0.4, 0.5) is 23.3 Å². The number of hydrogen-bond acceptors (Lipinski definition) is 6. The van der Waals surface area contributed by atoms with E-state index in [1.807, 2.05) is 0 Å². The summed E-state index contributed by atoms with van der Waals surface area (Å²) in [5.41, 5.74) is 11.3. The molecule has 0 fully saturated rings. The highest BCUT2D eigenvalue weighted by Crippen LogP contribution is 2.39. The predicted molar refractivity (Wildman–Crippen MR) is 201 cm³/mol. The van der Waals surface area contributed by atoms with Gasteiger partial charge in [-0.15, -0.1) is 0 Å². The van der Waals surface area contributed by atoms with E-state index < -0.39 is 0 Å². The SMILES string of the molecule is c1ccc2c(c1)CCN(c1nc(-c3nc(N4CCc5ccccc5C4)c(N4CCc5ccccc5C4)[nH]3)[nH]c1N1CCc3ccccc3C1)C2. The summed E-state index contributed by atoms with van der Waals surface area (Å²) in [4.78, 5) is 28.4. The van der Waals surface area contributed by atoms with Gasteiger partial charge < -0.3 is 29.6 Å². The molecular formula is C42H42N8. The second-order valence-electron chi connectivity index (χ2n) is 14.3. The van der Waals surface area contributed by atoms with Crippen molar-refractivity contribution in [2.24, 2.45) is 0 Å². The Bertz CT molecular complexity index is 1890. The fraction of sp³-hybridized carbons (Fsp3) is 0.286. The molecule has 2 N–H and O–H groups in total. The maximum Gasteiger partial charge on any atom is 0.177 e. The first-order valence-electron chi connectivity index (χ1n) is 18.2. The van der Waals surface area contributed by atoms with Crippen molar-refractivity contribution in [2.75, 3.05) is 45.8 Å². The molecule has 8 heteroatoms. The smallest absolute Gasteiger partial charge is 0.177 e. The van der Waals surface area contributed by atoms with Gasteiger partial charge in [0.15, 0.2) is 34.9 Å². The third kappa shape index (κ3) is 5.21. The Kier molecular flexibility index (Phi) is 7.13. The molecule has 0 amide bonds. The van der Waals surface area contributed by atoms with Crippen molar-refractivity contribution in [1.29, 1.82) is 0 Å². The summed E-state index contributed by atoms with van der Waals surface area (Å²) in [5.74, 6) is 5.82. The Balaban J connectivity index is 1.06. The normalized spacial score (nSPS) is 16.9. The van der Waals surface area contributed by atoms with Crippen molar-refractivity contribution < 1.29 is 0 Å². The molecule has 8 nitrogen and oxygen atoms in total. The van der Waals surface area contributed by atoms with Gasteiger partial charge in [0.05, 0.1) is 0 Å². The highest BCUT2D eigenvalue weighted by molar-refractivity contribution is 5.74. The number of aromatic amines is 2. The number of benzene rings is 4. The minimum Gasteiger partial charge on any atom is -0.350 e. The van der Waals surface area contributed by atoms with Gasteiger partial charge in [0.2, 0.25) is 0 Å². The van der Waals surface area contributed by atoms with Crippen LogP contribution in [0.1, 0.15) is 44.5 Å². The minimum atomic E-state index is 0.801. The van der Waals surface area contributed by atoms with Crippen LogP contribution in [0, 0.1) is 0 Å². The highest BCUT2D eigenvalue weighted by atomic mass is 15.3. The zero-order valence-corrected chi connectivity index (χ0v) is 28.4. The second-order valence-corrected chi connectivity index (χ2v) is 14.3. The Labute approximate surface area is 293 Å². The van der Waals surface area contributed by atoms with Gasteiger partial charge in [0.25, 0.3) is 0 Å². The fourth-order valence-electron chi connectivity index (χ4n) is 8.54. The molecule has 0 radical (unpaired) electrons. The lowest BCUT2D eigenvalue weighted by Crippen LogP contribution is -2.35. The van der Waals surface area contributed by atoms with Gasteiger partial charge in [-0.3, -0.25) is 0 Å². The molecule has 50 heavy (non-hydrogen) atoms. The van der Waals surface area contributed by atoms with Crippen molar-refractivity contribution in [1.82, 2.24) is 19.9 Å². The van der Waals surface area contributed by atoms with Crippen molar-refractivity contribution in [3.63, 3.8) is 0 Å². The van der Waals surface area contributed by atoms with E-state index in [0.717, 1.165) is 113 Å². The van der Waals surface area contributed by atoms with Crippen molar-refractivity contribution >= 4 is 23.3 Å². The van der Waals surface area contributed by atoms with Gasteiger partial charge in [-0.25, -0.2) is 9.97 Å². The zero-order chi connectivity index (χ0) is 33.0. The Morgan fingerprint density at radius 3 is 0.980 bits per heavy atom. The summed E-state index contributed by atoms with van der Waals surface area (Å²) in [6.45, 7) is 7.21. The van der Waals surface area contributed by atoms with Crippen LogP contribution in [0.25, 0.3) is 11.6 Å². The van der Waals surface area contributed by atoms with E-state index in [1.165, 1.54) is 44.5 Å². The molecule has 0 bridgehead atoms. The van der Waals surface area contributed by atoms with E-state index in [2.05, 4.69) is 127 Å². The van der Waals surface area contributed by atoms with E-state index in [4.69, 9.17) is 9.97 Å². The molecular weight excluding hydrogens is 617 g/mol. The summed E-state index contributed by atoms with van der Waals surface area (Å²) in [6, 6.07) is 35.4. The molecule has 4 aromatic carbocycles. The molecule has 4 aliphatic rings. The van der Waals surface area contributed by atoms with E-state index in [-0.39, 0.29) is 0 Å². The molecule has 0 unspecified atom stereocenters. The molecule has 0 spiro atoms. The average molecular weight is 659 g/mol. The third-order valence-electron chi connectivity index (χ3n) is 11.3. The van der Waals surface area contributed by atoms with Gasteiger partial charge in [-0.1, -0.05) is 97.1 Å². The fourth-order valence-corrected chi connectivity index (χ4v) is 8.54.